The number of amides is 1. The number of hydrogen-bond donors (Lipinski definition) is 3. The molecule has 1 saturated carbocycles. The molecule has 1 amide bonds. The van der Waals surface area contributed by atoms with E-state index in [0.29, 0.717) is 34.6 Å². The van der Waals surface area contributed by atoms with Gasteiger partial charge in [0.05, 0.1) is 36.0 Å². The molecule has 0 saturated heterocycles. The van der Waals surface area contributed by atoms with E-state index in [4.69, 9.17) is 4.84 Å². The second-order valence-corrected chi connectivity index (χ2v) is 10.9. The standard InChI is InChI=1S/C25H30N6O4S/c1-15-10-23(26-13-16(15)2)29-24-12-21(19(14-27-24)25(32)30-35-4)28-20-9-8-18(17-6-7-17)11-22(20)31(3)36(5,33)34/h8-14,17H,6-7H2,1-5H3,(H,30,32)(H2,26,27,28,29). The van der Waals surface area contributed by atoms with Gasteiger partial charge in [0.2, 0.25) is 10.0 Å². The topological polar surface area (TPSA) is 126 Å². The predicted octanol–water partition coefficient (Wildman–Crippen LogP) is 4.15. The van der Waals surface area contributed by atoms with Crippen molar-refractivity contribution in [3.8, 4) is 0 Å². The second kappa shape index (κ2) is 10.1. The summed E-state index contributed by atoms with van der Waals surface area (Å²) in [5, 5.41) is 6.40. The van der Waals surface area contributed by atoms with Crippen molar-refractivity contribution >= 4 is 44.6 Å². The van der Waals surface area contributed by atoms with E-state index < -0.39 is 15.9 Å². The number of hydroxylamine groups is 1. The average molecular weight is 511 g/mol. The number of anilines is 5. The SMILES string of the molecule is CONC(=O)c1cnc(Nc2cc(C)c(C)cn2)cc1Nc1ccc(C2CC2)cc1N(C)S(C)(=O)=O. The molecule has 3 N–H and O–H groups in total. The van der Waals surface area contributed by atoms with Gasteiger partial charge in [0.25, 0.3) is 5.91 Å². The number of nitrogens with one attached hydrogen (secondary N) is 3. The van der Waals surface area contributed by atoms with Crippen molar-refractivity contribution in [2.24, 2.45) is 0 Å². The number of aromatic nitrogens is 2. The van der Waals surface area contributed by atoms with Crippen LogP contribution in [0, 0.1) is 13.8 Å². The number of sulfonamides is 1. The van der Waals surface area contributed by atoms with E-state index in [1.807, 2.05) is 38.1 Å². The Balaban J connectivity index is 1.75. The molecule has 1 aliphatic carbocycles. The first-order valence-corrected chi connectivity index (χ1v) is 13.3. The van der Waals surface area contributed by atoms with E-state index in [-0.39, 0.29) is 5.56 Å². The van der Waals surface area contributed by atoms with Gasteiger partial charge in [0.1, 0.15) is 11.6 Å². The molecule has 0 bridgehead atoms. The molecule has 3 aromatic rings. The minimum absolute atomic E-state index is 0.217. The van der Waals surface area contributed by atoms with Crippen molar-refractivity contribution in [3.05, 3.63) is 65.0 Å². The lowest BCUT2D eigenvalue weighted by atomic mass is 10.1. The molecule has 1 fully saturated rings. The second-order valence-electron chi connectivity index (χ2n) is 8.94. The Kier molecular flexibility index (Phi) is 7.14. The molecule has 2 heterocycles. The summed E-state index contributed by atoms with van der Waals surface area (Å²) < 4.78 is 26.0. The van der Waals surface area contributed by atoms with Crippen LogP contribution in [-0.4, -0.2) is 44.7 Å². The zero-order valence-electron chi connectivity index (χ0n) is 20.9. The van der Waals surface area contributed by atoms with Gasteiger partial charge < -0.3 is 10.6 Å². The first kappa shape index (κ1) is 25.4. The number of pyridine rings is 2. The van der Waals surface area contributed by atoms with Crippen LogP contribution in [0.25, 0.3) is 0 Å². The summed E-state index contributed by atoms with van der Waals surface area (Å²) in [5.41, 5.74) is 7.18. The molecule has 0 unspecified atom stereocenters. The molecule has 11 heteroatoms. The summed E-state index contributed by atoms with van der Waals surface area (Å²) in [5.74, 6) is 0.999. The molecule has 1 aliphatic rings. The third kappa shape index (κ3) is 5.74. The molecule has 0 radical (unpaired) electrons. The lowest BCUT2D eigenvalue weighted by molar-refractivity contribution is 0.0538. The number of aryl methyl sites for hydroxylation is 2. The number of nitrogens with zero attached hydrogens (tertiary/aromatic N) is 3. The van der Waals surface area contributed by atoms with Crippen molar-refractivity contribution in [2.75, 3.05) is 35.4 Å². The van der Waals surface area contributed by atoms with Gasteiger partial charge in [0, 0.05) is 25.5 Å². The van der Waals surface area contributed by atoms with Crippen LogP contribution >= 0.6 is 0 Å². The van der Waals surface area contributed by atoms with Crippen LogP contribution in [0.5, 0.6) is 0 Å². The van der Waals surface area contributed by atoms with Crippen molar-refractivity contribution < 1.29 is 18.0 Å². The number of rotatable bonds is 9. The van der Waals surface area contributed by atoms with Gasteiger partial charge in [-0.05, 0) is 67.5 Å². The first-order valence-electron chi connectivity index (χ1n) is 11.5. The summed E-state index contributed by atoms with van der Waals surface area (Å²) in [6.45, 7) is 3.97. The number of hydrogen-bond acceptors (Lipinski definition) is 8. The summed E-state index contributed by atoms with van der Waals surface area (Å²) in [6, 6.07) is 9.27. The van der Waals surface area contributed by atoms with Gasteiger partial charge in [-0.2, -0.15) is 0 Å². The van der Waals surface area contributed by atoms with Gasteiger partial charge in [-0.15, -0.1) is 0 Å². The van der Waals surface area contributed by atoms with E-state index in [1.54, 1.807) is 12.3 Å². The van der Waals surface area contributed by atoms with Crippen molar-refractivity contribution in [2.45, 2.75) is 32.6 Å². The molecule has 1 aromatic carbocycles. The maximum atomic E-state index is 12.7. The third-order valence-corrected chi connectivity index (χ3v) is 7.34. The Hall–Kier alpha value is -3.70. The van der Waals surface area contributed by atoms with Crippen LogP contribution in [0.15, 0.2) is 42.7 Å². The lowest BCUT2D eigenvalue weighted by Gasteiger charge is -2.23. The fourth-order valence-electron chi connectivity index (χ4n) is 3.69. The predicted molar refractivity (Wildman–Crippen MR) is 141 cm³/mol. The van der Waals surface area contributed by atoms with Crippen LogP contribution in [0.2, 0.25) is 0 Å². The Bertz CT molecular complexity index is 1410. The van der Waals surface area contributed by atoms with Crippen LogP contribution in [0.1, 0.15) is 45.8 Å². The zero-order valence-corrected chi connectivity index (χ0v) is 21.7. The van der Waals surface area contributed by atoms with Gasteiger partial charge in [0.15, 0.2) is 0 Å². The number of carbonyl (C=O) groups is 1. The summed E-state index contributed by atoms with van der Waals surface area (Å²) in [4.78, 5) is 26.2. The molecule has 190 valence electrons. The van der Waals surface area contributed by atoms with E-state index in [0.717, 1.165) is 35.8 Å². The molecule has 4 rings (SSSR count). The average Bonchev–Trinajstić information content (AvgIpc) is 3.67. The Labute approximate surface area is 211 Å². The van der Waals surface area contributed by atoms with E-state index in [9.17, 15) is 13.2 Å². The van der Waals surface area contributed by atoms with Gasteiger partial charge in [-0.3, -0.25) is 13.9 Å². The quantitative estimate of drug-likeness (QED) is 0.367. The van der Waals surface area contributed by atoms with Gasteiger partial charge >= 0.3 is 0 Å². The summed E-state index contributed by atoms with van der Waals surface area (Å²) >= 11 is 0. The molecule has 0 atom stereocenters. The molecular formula is C25H30N6O4S. The van der Waals surface area contributed by atoms with E-state index in [2.05, 4.69) is 26.1 Å². The Morgan fingerprint density at radius 2 is 1.69 bits per heavy atom. The fourth-order valence-corrected chi connectivity index (χ4v) is 4.20. The van der Waals surface area contributed by atoms with Gasteiger partial charge in [-0.25, -0.2) is 23.9 Å². The first-order chi connectivity index (χ1) is 17.1. The monoisotopic (exact) mass is 510 g/mol. The molecule has 36 heavy (non-hydrogen) atoms. The Morgan fingerprint density at radius 1 is 1.00 bits per heavy atom. The number of benzene rings is 1. The Morgan fingerprint density at radius 3 is 2.33 bits per heavy atom. The minimum Gasteiger partial charge on any atom is -0.353 e. The third-order valence-electron chi connectivity index (χ3n) is 6.15. The summed E-state index contributed by atoms with van der Waals surface area (Å²) in [6.07, 6.45) is 6.51. The molecule has 0 spiro atoms. The minimum atomic E-state index is -3.52. The van der Waals surface area contributed by atoms with E-state index in [1.165, 1.54) is 24.7 Å². The number of carbonyl (C=O) groups excluding carboxylic acids is 1. The van der Waals surface area contributed by atoms with Crippen LogP contribution in [0.4, 0.5) is 28.7 Å². The largest absolute Gasteiger partial charge is 0.353 e. The molecule has 2 aromatic heterocycles. The highest BCUT2D eigenvalue weighted by Crippen LogP contribution is 2.43. The fraction of sp³-hybridized carbons (Fsp3) is 0.320. The van der Waals surface area contributed by atoms with Crippen molar-refractivity contribution in [1.29, 1.82) is 0 Å². The van der Waals surface area contributed by atoms with Crippen molar-refractivity contribution in [3.63, 3.8) is 0 Å². The maximum Gasteiger partial charge on any atom is 0.278 e. The molecular weight excluding hydrogens is 480 g/mol. The van der Waals surface area contributed by atoms with Crippen LogP contribution < -0.4 is 20.4 Å². The molecule has 0 aliphatic heterocycles. The van der Waals surface area contributed by atoms with Gasteiger partial charge in [-0.1, -0.05) is 6.07 Å². The van der Waals surface area contributed by atoms with Crippen molar-refractivity contribution in [1.82, 2.24) is 15.4 Å². The highest BCUT2D eigenvalue weighted by Gasteiger charge is 2.26. The highest BCUT2D eigenvalue weighted by atomic mass is 32.2. The molecule has 10 nitrogen and oxygen atoms in total. The van der Waals surface area contributed by atoms with E-state index >= 15 is 0 Å². The lowest BCUT2D eigenvalue weighted by Crippen LogP contribution is -2.26. The zero-order chi connectivity index (χ0) is 26.0. The normalized spacial score (nSPS) is 13.2. The van der Waals surface area contributed by atoms with Crippen LogP contribution in [-0.2, 0) is 14.9 Å². The smallest absolute Gasteiger partial charge is 0.278 e. The van der Waals surface area contributed by atoms with Crippen LogP contribution in [0.3, 0.4) is 0 Å². The maximum absolute atomic E-state index is 12.7. The highest BCUT2D eigenvalue weighted by molar-refractivity contribution is 7.92. The summed E-state index contributed by atoms with van der Waals surface area (Å²) in [7, 11) is -0.670.